The van der Waals surface area contributed by atoms with E-state index < -0.39 is 0 Å². The highest BCUT2D eigenvalue weighted by molar-refractivity contribution is 5.77. The van der Waals surface area contributed by atoms with Gasteiger partial charge in [0.25, 0.3) is 0 Å². The van der Waals surface area contributed by atoms with Crippen molar-refractivity contribution in [2.45, 2.75) is 52.0 Å². The van der Waals surface area contributed by atoms with E-state index in [-0.39, 0.29) is 11.9 Å². The second-order valence-electron chi connectivity index (χ2n) is 4.95. The van der Waals surface area contributed by atoms with Crippen LogP contribution in [0.15, 0.2) is 34.9 Å². The first-order valence-corrected chi connectivity index (χ1v) is 6.51. The van der Waals surface area contributed by atoms with Crippen molar-refractivity contribution in [1.82, 2.24) is 5.32 Å². The van der Waals surface area contributed by atoms with Crippen molar-refractivity contribution in [3.8, 4) is 0 Å². The maximum absolute atomic E-state index is 11.5. The molecule has 1 fully saturated rings. The first kappa shape index (κ1) is 12.2. The van der Waals surface area contributed by atoms with Crippen molar-refractivity contribution >= 4 is 5.91 Å². The molecule has 0 spiro atoms. The van der Waals surface area contributed by atoms with E-state index in [9.17, 15) is 4.79 Å². The Kier molecular flexibility index (Phi) is 3.51. The van der Waals surface area contributed by atoms with Crippen molar-refractivity contribution in [1.29, 1.82) is 0 Å². The largest absolute Gasteiger partial charge is 0.349 e. The van der Waals surface area contributed by atoms with E-state index in [1.807, 2.05) is 6.92 Å². The fourth-order valence-corrected chi connectivity index (χ4v) is 2.83. The lowest BCUT2D eigenvalue weighted by atomic mass is 9.88. The fourth-order valence-electron chi connectivity index (χ4n) is 2.83. The summed E-state index contributed by atoms with van der Waals surface area (Å²) >= 11 is 0. The Morgan fingerprint density at radius 2 is 2.29 bits per heavy atom. The van der Waals surface area contributed by atoms with Gasteiger partial charge < -0.3 is 5.32 Å². The van der Waals surface area contributed by atoms with Crippen LogP contribution in [-0.2, 0) is 4.79 Å². The summed E-state index contributed by atoms with van der Waals surface area (Å²) in [4.78, 5) is 11.5. The Bertz CT molecular complexity index is 415. The first-order chi connectivity index (χ1) is 8.13. The Hall–Kier alpha value is -1.31. The monoisotopic (exact) mass is 231 g/mol. The third kappa shape index (κ3) is 2.36. The van der Waals surface area contributed by atoms with Gasteiger partial charge in [0.15, 0.2) is 0 Å². The van der Waals surface area contributed by atoms with Gasteiger partial charge in [0, 0.05) is 6.42 Å². The van der Waals surface area contributed by atoms with E-state index >= 15 is 0 Å². The molecule has 2 nitrogen and oxygen atoms in total. The molecule has 0 saturated heterocycles. The Balaban J connectivity index is 2.21. The molecule has 2 aliphatic rings. The van der Waals surface area contributed by atoms with Gasteiger partial charge >= 0.3 is 0 Å². The topological polar surface area (TPSA) is 29.1 Å². The first-order valence-electron chi connectivity index (χ1n) is 6.51. The Morgan fingerprint density at radius 3 is 2.94 bits per heavy atom. The normalized spacial score (nSPS) is 23.2. The van der Waals surface area contributed by atoms with E-state index in [2.05, 4.69) is 24.9 Å². The molecule has 0 heterocycles. The molecule has 1 saturated carbocycles. The van der Waals surface area contributed by atoms with Crippen LogP contribution in [0.1, 0.15) is 46.0 Å². The number of nitrogens with one attached hydrogen (secondary N) is 1. The minimum atomic E-state index is 0.152. The molecule has 0 radical (unpaired) electrons. The van der Waals surface area contributed by atoms with Crippen molar-refractivity contribution in [2.75, 3.05) is 0 Å². The van der Waals surface area contributed by atoms with Crippen LogP contribution in [0.4, 0.5) is 0 Å². The van der Waals surface area contributed by atoms with Gasteiger partial charge in [-0.1, -0.05) is 25.2 Å². The van der Waals surface area contributed by atoms with Gasteiger partial charge in [-0.05, 0) is 49.3 Å². The van der Waals surface area contributed by atoms with Gasteiger partial charge in [-0.25, -0.2) is 0 Å². The highest BCUT2D eigenvalue weighted by Gasteiger charge is 2.30. The van der Waals surface area contributed by atoms with Gasteiger partial charge in [0.1, 0.15) is 0 Å². The number of fused-ring (bicyclic) bond motifs is 1. The van der Waals surface area contributed by atoms with Crippen molar-refractivity contribution < 1.29 is 4.79 Å². The quantitative estimate of drug-likeness (QED) is 0.793. The van der Waals surface area contributed by atoms with Gasteiger partial charge in [-0.3, -0.25) is 4.79 Å². The van der Waals surface area contributed by atoms with E-state index in [1.54, 1.807) is 0 Å². The third-order valence-corrected chi connectivity index (χ3v) is 3.70. The number of carbonyl (C=O) groups is 1. The molecular weight excluding hydrogens is 210 g/mol. The van der Waals surface area contributed by atoms with Crippen LogP contribution in [-0.4, -0.2) is 11.9 Å². The molecule has 1 amide bonds. The standard InChI is InChI=1S/C15H21NO/c1-4-15(17)16-14-9-8-12-11(10(2)3)6-5-7-13(12)14/h7,14H,2,4-6,8-9H2,1,3H3,(H,16,17). The third-order valence-electron chi connectivity index (χ3n) is 3.70. The second kappa shape index (κ2) is 4.91. The molecule has 2 heteroatoms. The number of allylic oxidation sites excluding steroid dienone is 3. The summed E-state index contributed by atoms with van der Waals surface area (Å²) in [7, 11) is 0. The number of hydrogen-bond donors (Lipinski definition) is 1. The van der Waals surface area contributed by atoms with Crippen molar-refractivity contribution in [2.24, 2.45) is 0 Å². The molecule has 1 atom stereocenters. The van der Waals surface area contributed by atoms with Crippen molar-refractivity contribution in [3.05, 3.63) is 34.9 Å². The van der Waals surface area contributed by atoms with Crippen LogP contribution >= 0.6 is 0 Å². The molecule has 0 aromatic carbocycles. The highest BCUT2D eigenvalue weighted by Crippen LogP contribution is 2.40. The van der Waals surface area contributed by atoms with E-state index in [1.165, 1.54) is 22.3 Å². The zero-order chi connectivity index (χ0) is 12.4. The van der Waals surface area contributed by atoms with Crippen LogP contribution in [0, 0.1) is 0 Å². The maximum atomic E-state index is 11.5. The summed E-state index contributed by atoms with van der Waals surface area (Å²) in [5.41, 5.74) is 5.42. The summed E-state index contributed by atoms with van der Waals surface area (Å²) in [5, 5.41) is 3.12. The Labute approximate surface area is 103 Å². The second-order valence-corrected chi connectivity index (χ2v) is 4.95. The lowest BCUT2D eigenvalue weighted by molar-refractivity contribution is -0.121. The summed E-state index contributed by atoms with van der Waals surface area (Å²) in [6, 6.07) is 0.243. The molecule has 0 aromatic rings. The predicted molar refractivity (Wildman–Crippen MR) is 70.6 cm³/mol. The Morgan fingerprint density at radius 1 is 1.53 bits per heavy atom. The molecule has 0 aromatic heterocycles. The fraction of sp³-hybridized carbons (Fsp3) is 0.533. The zero-order valence-electron chi connectivity index (χ0n) is 10.8. The number of carbonyl (C=O) groups excluding carboxylic acids is 1. The molecule has 17 heavy (non-hydrogen) atoms. The number of amides is 1. The number of hydrogen-bond acceptors (Lipinski definition) is 1. The maximum Gasteiger partial charge on any atom is 0.220 e. The van der Waals surface area contributed by atoms with Gasteiger partial charge in [0.2, 0.25) is 5.91 Å². The van der Waals surface area contributed by atoms with Crippen LogP contribution in [0.2, 0.25) is 0 Å². The van der Waals surface area contributed by atoms with Gasteiger partial charge in [-0.2, -0.15) is 0 Å². The van der Waals surface area contributed by atoms with Crippen LogP contribution < -0.4 is 5.32 Å². The van der Waals surface area contributed by atoms with E-state index in [0.29, 0.717) is 6.42 Å². The minimum Gasteiger partial charge on any atom is -0.349 e. The molecule has 1 N–H and O–H groups in total. The SMILES string of the molecule is C=C(C)C1=C2CCC(NC(=O)CC)C2=CCC1. The molecule has 0 aliphatic heterocycles. The minimum absolute atomic E-state index is 0.152. The summed E-state index contributed by atoms with van der Waals surface area (Å²) in [5.74, 6) is 0.152. The number of rotatable bonds is 3. The predicted octanol–water partition coefficient (Wildman–Crippen LogP) is 3.27. The van der Waals surface area contributed by atoms with Crippen LogP contribution in [0.25, 0.3) is 0 Å². The summed E-state index contributed by atoms with van der Waals surface area (Å²) in [6.07, 6.45) is 7.19. The molecule has 0 bridgehead atoms. The lowest BCUT2D eigenvalue weighted by Gasteiger charge is -2.21. The zero-order valence-corrected chi connectivity index (χ0v) is 10.8. The van der Waals surface area contributed by atoms with E-state index in [0.717, 1.165) is 25.7 Å². The van der Waals surface area contributed by atoms with Gasteiger partial charge in [-0.15, -0.1) is 0 Å². The molecule has 2 aliphatic carbocycles. The van der Waals surface area contributed by atoms with Crippen LogP contribution in [0.3, 0.4) is 0 Å². The average Bonchev–Trinajstić information content (AvgIpc) is 2.72. The smallest absolute Gasteiger partial charge is 0.220 e. The molecule has 92 valence electrons. The summed E-state index contributed by atoms with van der Waals surface area (Å²) < 4.78 is 0. The van der Waals surface area contributed by atoms with E-state index in [4.69, 9.17) is 0 Å². The molecule has 1 unspecified atom stereocenters. The van der Waals surface area contributed by atoms with Crippen LogP contribution in [0.5, 0.6) is 0 Å². The summed E-state index contributed by atoms with van der Waals surface area (Å²) in [6.45, 7) is 8.05. The molecular formula is C15H21NO. The van der Waals surface area contributed by atoms with Crippen molar-refractivity contribution in [3.63, 3.8) is 0 Å². The van der Waals surface area contributed by atoms with Gasteiger partial charge in [0.05, 0.1) is 6.04 Å². The lowest BCUT2D eigenvalue weighted by Crippen LogP contribution is -2.33. The highest BCUT2D eigenvalue weighted by atomic mass is 16.1. The molecule has 2 rings (SSSR count). The average molecular weight is 231 g/mol.